The Labute approximate surface area is 124 Å². The molecule has 1 unspecified atom stereocenters. The van der Waals surface area contributed by atoms with Crippen LogP contribution in [-0.4, -0.2) is 33.5 Å². The van der Waals surface area contributed by atoms with Gasteiger partial charge in [-0.2, -0.15) is 0 Å². The van der Waals surface area contributed by atoms with Crippen molar-refractivity contribution in [3.8, 4) is 0 Å². The summed E-state index contributed by atoms with van der Waals surface area (Å²) in [5.41, 5.74) is 1.99. The molecule has 0 saturated heterocycles. The zero-order valence-corrected chi connectivity index (χ0v) is 12.4. The van der Waals surface area contributed by atoms with Gasteiger partial charge in [-0.3, -0.25) is 9.48 Å². The molecule has 6 nitrogen and oxygen atoms in total. The van der Waals surface area contributed by atoms with Gasteiger partial charge in [0.1, 0.15) is 0 Å². The van der Waals surface area contributed by atoms with Crippen LogP contribution in [0.5, 0.6) is 0 Å². The number of aryl methyl sites for hydroxylation is 2. The summed E-state index contributed by atoms with van der Waals surface area (Å²) >= 11 is 0. The number of anilines is 1. The molecule has 21 heavy (non-hydrogen) atoms. The van der Waals surface area contributed by atoms with Gasteiger partial charge in [0.25, 0.3) is 0 Å². The van der Waals surface area contributed by atoms with Gasteiger partial charge >= 0.3 is 0 Å². The summed E-state index contributed by atoms with van der Waals surface area (Å²) in [4.78, 5) is 12.0. The molecule has 0 aliphatic heterocycles. The second-order valence-electron chi connectivity index (χ2n) is 5.05. The summed E-state index contributed by atoms with van der Waals surface area (Å²) < 4.78 is 1.78. The minimum absolute atomic E-state index is 0.0281. The lowest BCUT2D eigenvalue weighted by Gasteiger charge is -2.14. The third kappa shape index (κ3) is 5.00. The van der Waals surface area contributed by atoms with Crippen LogP contribution in [0.2, 0.25) is 0 Å². The smallest absolute Gasteiger partial charge is 0.241 e. The van der Waals surface area contributed by atoms with Crippen LogP contribution < -0.4 is 10.6 Å². The van der Waals surface area contributed by atoms with E-state index in [1.165, 1.54) is 5.56 Å². The van der Waals surface area contributed by atoms with Crippen LogP contribution in [0.15, 0.2) is 36.7 Å². The van der Waals surface area contributed by atoms with Crippen molar-refractivity contribution in [2.75, 3.05) is 11.9 Å². The molecular formula is C15H21N5O. The van der Waals surface area contributed by atoms with Gasteiger partial charge in [-0.1, -0.05) is 22.9 Å². The number of nitrogens with one attached hydrogen (secondary N) is 2. The molecule has 6 heteroatoms. The van der Waals surface area contributed by atoms with E-state index >= 15 is 0 Å². The lowest BCUT2D eigenvalue weighted by molar-refractivity contribution is -0.117. The van der Waals surface area contributed by atoms with Gasteiger partial charge in [0.2, 0.25) is 5.91 Å². The van der Waals surface area contributed by atoms with E-state index in [2.05, 4.69) is 20.9 Å². The molecule has 112 valence electrons. The average Bonchev–Trinajstić information content (AvgIpc) is 2.99. The highest BCUT2D eigenvalue weighted by Crippen LogP contribution is 2.08. The molecular weight excluding hydrogens is 266 g/mol. The number of rotatable bonds is 7. The zero-order chi connectivity index (χ0) is 15.1. The average molecular weight is 287 g/mol. The highest BCUT2D eigenvalue weighted by atomic mass is 16.2. The molecule has 2 aromatic rings. The molecule has 0 fully saturated rings. The van der Waals surface area contributed by atoms with Crippen molar-refractivity contribution >= 4 is 11.6 Å². The molecule has 1 amide bonds. The number of benzene rings is 1. The van der Waals surface area contributed by atoms with Gasteiger partial charge < -0.3 is 10.6 Å². The van der Waals surface area contributed by atoms with Crippen molar-refractivity contribution in [2.24, 2.45) is 0 Å². The molecule has 1 heterocycles. The summed E-state index contributed by atoms with van der Waals surface area (Å²) in [7, 11) is 0. The Morgan fingerprint density at radius 3 is 2.76 bits per heavy atom. The fourth-order valence-corrected chi connectivity index (χ4v) is 1.89. The molecule has 2 N–H and O–H groups in total. The standard InChI is InChI=1S/C15H21N5O/c1-12-4-6-14(7-5-12)18-15(21)13(2)16-8-3-10-20-11-9-17-19-20/h4-7,9,11,13,16H,3,8,10H2,1-2H3,(H,18,21). The van der Waals surface area contributed by atoms with Crippen molar-refractivity contribution in [1.29, 1.82) is 0 Å². The van der Waals surface area contributed by atoms with Gasteiger partial charge in [0.15, 0.2) is 0 Å². The monoisotopic (exact) mass is 287 g/mol. The van der Waals surface area contributed by atoms with E-state index in [0.29, 0.717) is 0 Å². The molecule has 1 aromatic carbocycles. The first-order valence-electron chi connectivity index (χ1n) is 7.10. The number of aromatic nitrogens is 3. The van der Waals surface area contributed by atoms with Crippen LogP contribution in [0.4, 0.5) is 5.69 Å². The van der Waals surface area contributed by atoms with Crippen LogP contribution in [0.1, 0.15) is 18.9 Å². The number of hydrogen-bond donors (Lipinski definition) is 2. The number of carbonyl (C=O) groups excluding carboxylic acids is 1. The summed E-state index contributed by atoms with van der Waals surface area (Å²) in [6.07, 6.45) is 4.38. The third-order valence-corrected chi connectivity index (χ3v) is 3.20. The molecule has 0 spiro atoms. The quantitative estimate of drug-likeness (QED) is 0.759. The van der Waals surface area contributed by atoms with E-state index in [0.717, 1.165) is 25.2 Å². The summed E-state index contributed by atoms with van der Waals surface area (Å²) in [5, 5.41) is 13.7. The van der Waals surface area contributed by atoms with Crippen LogP contribution >= 0.6 is 0 Å². The van der Waals surface area contributed by atoms with E-state index in [9.17, 15) is 4.79 Å². The number of carbonyl (C=O) groups is 1. The maximum atomic E-state index is 12.0. The van der Waals surface area contributed by atoms with Crippen LogP contribution in [-0.2, 0) is 11.3 Å². The van der Waals surface area contributed by atoms with Crippen molar-refractivity contribution < 1.29 is 4.79 Å². The molecule has 1 atom stereocenters. The lowest BCUT2D eigenvalue weighted by Crippen LogP contribution is -2.38. The largest absolute Gasteiger partial charge is 0.325 e. The lowest BCUT2D eigenvalue weighted by atomic mass is 10.2. The topological polar surface area (TPSA) is 71.8 Å². The first kappa shape index (κ1) is 15.2. The predicted molar refractivity (Wildman–Crippen MR) is 81.9 cm³/mol. The van der Waals surface area contributed by atoms with Gasteiger partial charge in [-0.25, -0.2) is 0 Å². The van der Waals surface area contributed by atoms with Crippen molar-refractivity contribution in [3.63, 3.8) is 0 Å². The Kier molecular flexibility index (Phi) is 5.45. The molecule has 0 aliphatic rings. The Morgan fingerprint density at radius 1 is 1.33 bits per heavy atom. The molecule has 0 radical (unpaired) electrons. The fourth-order valence-electron chi connectivity index (χ4n) is 1.89. The van der Waals surface area contributed by atoms with Crippen molar-refractivity contribution in [3.05, 3.63) is 42.2 Å². The SMILES string of the molecule is Cc1ccc(NC(=O)C(C)NCCCn2ccnn2)cc1. The second kappa shape index (κ2) is 7.54. The van der Waals surface area contributed by atoms with E-state index < -0.39 is 0 Å². The minimum atomic E-state index is -0.234. The second-order valence-corrected chi connectivity index (χ2v) is 5.05. The predicted octanol–water partition coefficient (Wildman–Crippen LogP) is 1.59. The minimum Gasteiger partial charge on any atom is -0.325 e. The number of hydrogen-bond acceptors (Lipinski definition) is 4. The maximum absolute atomic E-state index is 12.0. The summed E-state index contributed by atoms with van der Waals surface area (Å²) in [5.74, 6) is -0.0281. The highest BCUT2D eigenvalue weighted by molar-refractivity contribution is 5.94. The van der Waals surface area contributed by atoms with E-state index in [-0.39, 0.29) is 11.9 Å². The number of amides is 1. The van der Waals surface area contributed by atoms with Crippen LogP contribution in [0, 0.1) is 6.92 Å². The normalized spacial score (nSPS) is 12.1. The molecule has 0 aliphatic carbocycles. The van der Waals surface area contributed by atoms with Crippen LogP contribution in [0.25, 0.3) is 0 Å². The number of nitrogens with zero attached hydrogens (tertiary/aromatic N) is 3. The van der Waals surface area contributed by atoms with E-state index in [4.69, 9.17) is 0 Å². The van der Waals surface area contributed by atoms with Gasteiger partial charge in [0.05, 0.1) is 12.2 Å². The van der Waals surface area contributed by atoms with E-state index in [1.54, 1.807) is 10.9 Å². The molecule has 2 rings (SSSR count). The Balaban J connectivity index is 1.68. The van der Waals surface area contributed by atoms with E-state index in [1.807, 2.05) is 44.3 Å². The first-order valence-corrected chi connectivity index (χ1v) is 7.10. The Morgan fingerprint density at radius 2 is 2.10 bits per heavy atom. The molecule has 0 saturated carbocycles. The third-order valence-electron chi connectivity index (χ3n) is 3.20. The molecule has 0 bridgehead atoms. The maximum Gasteiger partial charge on any atom is 0.241 e. The van der Waals surface area contributed by atoms with Gasteiger partial charge in [-0.05, 0) is 38.9 Å². The summed E-state index contributed by atoms with van der Waals surface area (Å²) in [6.45, 7) is 5.42. The van der Waals surface area contributed by atoms with Crippen molar-refractivity contribution in [2.45, 2.75) is 32.9 Å². The van der Waals surface area contributed by atoms with Crippen molar-refractivity contribution in [1.82, 2.24) is 20.3 Å². The Hall–Kier alpha value is -2.21. The van der Waals surface area contributed by atoms with Gasteiger partial charge in [-0.15, -0.1) is 5.10 Å². The fraction of sp³-hybridized carbons (Fsp3) is 0.400. The highest BCUT2D eigenvalue weighted by Gasteiger charge is 2.11. The van der Waals surface area contributed by atoms with Gasteiger partial charge in [0, 0.05) is 18.4 Å². The van der Waals surface area contributed by atoms with Crippen LogP contribution in [0.3, 0.4) is 0 Å². The summed E-state index contributed by atoms with van der Waals surface area (Å²) in [6, 6.07) is 7.54. The zero-order valence-electron chi connectivity index (χ0n) is 12.4. The Bertz CT molecular complexity index is 550. The first-order chi connectivity index (χ1) is 10.1. The molecule has 1 aromatic heterocycles.